The zero-order valence-corrected chi connectivity index (χ0v) is 17.7. The molecule has 0 unspecified atom stereocenters. The molecule has 0 spiro atoms. The second-order valence-corrected chi connectivity index (χ2v) is 8.88. The van der Waals surface area contributed by atoms with Gasteiger partial charge < -0.3 is 4.57 Å². The minimum absolute atomic E-state index is 0.0685. The first kappa shape index (κ1) is 18.2. The number of thioether (sulfide) groups is 1. The monoisotopic (exact) mass is 414 g/mol. The van der Waals surface area contributed by atoms with E-state index in [-0.39, 0.29) is 5.91 Å². The lowest BCUT2D eigenvalue weighted by Crippen LogP contribution is -2.27. The lowest BCUT2D eigenvalue weighted by atomic mass is 10.1. The molecule has 1 aliphatic heterocycles. The Morgan fingerprint density at radius 2 is 1.66 bits per heavy atom. The number of thiocarbonyl (C=S) groups is 1. The number of fused-ring (bicyclic) bond motifs is 3. The largest absolute Gasteiger partial charge is 0.344 e. The van der Waals surface area contributed by atoms with Gasteiger partial charge >= 0.3 is 0 Å². The van der Waals surface area contributed by atoms with Crippen LogP contribution in [0.5, 0.6) is 0 Å². The second-order valence-electron chi connectivity index (χ2n) is 7.21. The normalized spacial score (nSPS) is 15.9. The molecule has 0 N–H and O–H groups in total. The Hall–Kier alpha value is -2.89. The van der Waals surface area contributed by atoms with Crippen molar-refractivity contribution in [3.8, 4) is 0 Å². The van der Waals surface area contributed by atoms with Crippen LogP contribution in [0.1, 0.15) is 11.1 Å². The van der Waals surface area contributed by atoms with E-state index in [4.69, 9.17) is 12.2 Å². The molecule has 4 aromatic rings. The minimum Gasteiger partial charge on any atom is -0.344 e. The molecule has 0 radical (unpaired) electrons. The Balaban J connectivity index is 1.55. The van der Waals surface area contributed by atoms with E-state index in [0.717, 1.165) is 22.3 Å². The average molecular weight is 415 g/mol. The average Bonchev–Trinajstić information content (AvgIpc) is 3.17. The maximum Gasteiger partial charge on any atom is 0.270 e. The molecule has 0 atom stereocenters. The van der Waals surface area contributed by atoms with Crippen LogP contribution in [0.15, 0.2) is 71.6 Å². The number of aromatic nitrogens is 1. The molecular formula is C24H18N2OS2. The SMILES string of the molecule is Cc1ccc(N2C(=O)/C(=C\c3ccc4c5ccccc5n(C)c4c3)SC2=S)cc1. The van der Waals surface area contributed by atoms with E-state index in [1.165, 1.54) is 28.1 Å². The number of rotatable bonds is 2. The summed E-state index contributed by atoms with van der Waals surface area (Å²) in [6, 6.07) is 22.6. The van der Waals surface area contributed by atoms with Gasteiger partial charge in [0, 0.05) is 28.9 Å². The highest BCUT2D eigenvalue weighted by atomic mass is 32.2. The van der Waals surface area contributed by atoms with Crippen molar-refractivity contribution in [2.24, 2.45) is 7.05 Å². The molecule has 0 saturated carbocycles. The number of nitrogens with zero attached hydrogens (tertiary/aromatic N) is 2. The smallest absolute Gasteiger partial charge is 0.270 e. The molecule has 0 aliphatic carbocycles. The summed E-state index contributed by atoms with van der Waals surface area (Å²) in [5.41, 5.74) is 5.30. The molecule has 29 heavy (non-hydrogen) atoms. The summed E-state index contributed by atoms with van der Waals surface area (Å²) in [7, 11) is 2.07. The van der Waals surface area contributed by atoms with Gasteiger partial charge in [0.2, 0.25) is 0 Å². The summed E-state index contributed by atoms with van der Waals surface area (Å²) >= 11 is 6.84. The summed E-state index contributed by atoms with van der Waals surface area (Å²) in [5, 5.41) is 2.45. The number of amides is 1. The molecule has 0 bridgehead atoms. The number of aryl methyl sites for hydroxylation is 2. The van der Waals surface area contributed by atoms with Gasteiger partial charge in [0.25, 0.3) is 5.91 Å². The van der Waals surface area contributed by atoms with Crippen LogP contribution in [-0.2, 0) is 11.8 Å². The summed E-state index contributed by atoms with van der Waals surface area (Å²) in [6.45, 7) is 2.02. The van der Waals surface area contributed by atoms with Crippen molar-refractivity contribution >= 4 is 67.8 Å². The molecule has 1 amide bonds. The standard InChI is InChI=1S/C24H18N2OS2/c1-15-7-10-17(11-8-15)26-23(27)22(29-24(26)28)14-16-9-12-19-18-5-3-4-6-20(18)25(2)21(19)13-16/h3-14H,1-2H3/b22-14+. The van der Waals surface area contributed by atoms with E-state index in [2.05, 4.69) is 54.1 Å². The molecule has 3 nitrogen and oxygen atoms in total. The number of para-hydroxylation sites is 1. The second kappa shape index (κ2) is 6.87. The molecule has 1 aromatic heterocycles. The van der Waals surface area contributed by atoms with Gasteiger partial charge in [0.1, 0.15) is 0 Å². The van der Waals surface area contributed by atoms with E-state index in [1.54, 1.807) is 4.90 Å². The number of anilines is 1. The van der Waals surface area contributed by atoms with Crippen molar-refractivity contribution in [3.05, 3.63) is 82.8 Å². The number of hydrogen-bond acceptors (Lipinski definition) is 3. The number of carbonyl (C=O) groups is 1. The summed E-state index contributed by atoms with van der Waals surface area (Å²) in [6.07, 6.45) is 1.94. The van der Waals surface area contributed by atoms with Gasteiger partial charge in [0.05, 0.1) is 10.6 Å². The van der Waals surface area contributed by atoms with E-state index in [1.807, 2.05) is 37.3 Å². The highest BCUT2D eigenvalue weighted by Gasteiger charge is 2.33. The van der Waals surface area contributed by atoms with Crippen LogP contribution in [0.3, 0.4) is 0 Å². The fraction of sp³-hybridized carbons (Fsp3) is 0.0833. The number of carbonyl (C=O) groups excluding carboxylic acids is 1. The first-order valence-electron chi connectivity index (χ1n) is 9.35. The summed E-state index contributed by atoms with van der Waals surface area (Å²) < 4.78 is 2.76. The molecule has 142 valence electrons. The lowest BCUT2D eigenvalue weighted by Gasteiger charge is -2.14. The predicted molar refractivity (Wildman–Crippen MR) is 127 cm³/mol. The number of benzene rings is 3. The fourth-order valence-electron chi connectivity index (χ4n) is 3.80. The van der Waals surface area contributed by atoms with Crippen LogP contribution in [-0.4, -0.2) is 14.8 Å². The van der Waals surface area contributed by atoms with Crippen molar-refractivity contribution < 1.29 is 4.79 Å². The number of hydrogen-bond donors (Lipinski definition) is 0. The first-order chi connectivity index (χ1) is 14.0. The third kappa shape index (κ3) is 2.98. The Morgan fingerprint density at radius 1 is 0.931 bits per heavy atom. The molecule has 1 aliphatic rings. The van der Waals surface area contributed by atoms with Gasteiger partial charge in [-0.05, 0) is 42.8 Å². The Morgan fingerprint density at radius 3 is 2.45 bits per heavy atom. The van der Waals surface area contributed by atoms with Crippen LogP contribution in [0.2, 0.25) is 0 Å². The van der Waals surface area contributed by atoms with Gasteiger partial charge in [-0.2, -0.15) is 0 Å². The summed E-state index contributed by atoms with van der Waals surface area (Å²) in [5.74, 6) is -0.0685. The first-order valence-corrected chi connectivity index (χ1v) is 10.6. The van der Waals surface area contributed by atoms with Gasteiger partial charge in [-0.3, -0.25) is 9.69 Å². The van der Waals surface area contributed by atoms with Crippen molar-refractivity contribution in [3.63, 3.8) is 0 Å². The van der Waals surface area contributed by atoms with Crippen molar-refractivity contribution in [1.82, 2.24) is 4.57 Å². The van der Waals surface area contributed by atoms with E-state index < -0.39 is 0 Å². The molecule has 1 saturated heterocycles. The molecule has 3 aromatic carbocycles. The summed E-state index contributed by atoms with van der Waals surface area (Å²) in [4.78, 5) is 15.3. The van der Waals surface area contributed by atoms with Crippen LogP contribution in [0.25, 0.3) is 27.9 Å². The Kier molecular flexibility index (Phi) is 4.30. The lowest BCUT2D eigenvalue weighted by molar-refractivity contribution is -0.113. The van der Waals surface area contributed by atoms with Gasteiger partial charge in [-0.1, -0.05) is 72.0 Å². The topological polar surface area (TPSA) is 25.2 Å². The maximum atomic E-state index is 13.0. The van der Waals surface area contributed by atoms with Crippen LogP contribution in [0, 0.1) is 6.92 Å². The van der Waals surface area contributed by atoms with E-state index in [9.17, 15) is 4.79 Å². The van der Waals surface area contributed by atoms with Crippen LogP contribution >= 0.6 is 24.0 Å². The van der Waals surface area contributed by atoms with Crippen LogP contribution < -0.4 is 4.90 Å². The van der Waals surface area contributed by atoms with Crippen LogP contribution in [0.4, 0.5) is 5.69 Å². The quantitative estimate of drug-likeness (QED) is 0.295. The Bertz CT molecular complexity index is 1330. The molecule has 2 heterocycles. The van der Waals surface area contributed by atoms with Crippen molar-refractivity contribution in [2.45, 2.75) is 6.92 Å². The van der Waals surface area contributed by atoms with E-state index in [0.29, 0.717) is 9.23 Å². The Labute approximate surface area is 178 Å². The molecular weight excluding hydrogens is 396 g/mol. The zero-order chi connectivity index (χ0) is 20.1. The van der Waals surface area contributed by atoms with Crippen molar-refractivity contribution in [1.29, 1.82) is 0 Å². The third-order valence-corrected chi connectivity index (χ3v) is 6.62. The van der Waals surface area contributed by atoms with E-state index >= 15 is 0 Å². The van der Waals surface area contributed by atoms with Gasteiger partial charge in [-0.15, -0.1) is 0 Å². The van der Waals surface area contributed by atoms with Gasteiger partial charge in [0.15, 0.2) is 4.32 Å². The highest BCUT2D eigenvalue weighted by molar-refractivity contribution is 8.27. The third-order valence-electron chi connectivity index (χ3n) is 5.32. The van der Waals surface area contributed by atoms with Gasteiger partial charge in [-0.25, -0.2) is 0 Å². The molecule has 5 heteroatoms. The fourth-order valence-corrected chi connectivity index (χ4v) is 5.10. The minimum atomic E-state index is -0.0685. The van der Waals surface area contributed by atoms with Crippen molar-refractivity contribution in [2.75, 3.05) is 4.90 Å². The molecule has 5 rings (SSSR count). The zero-order valence-electron chi connectivity index (χ0n) is 16.0. The molecule has 1 fully saturated rings. The predicted octanol–water partition coefficient (Wildman–Crippen LogP) is 6.05. The maximum absolute atomic E-state index is 13.0. The highest BCUT2D eigenvalue weighted by Crippen LogP contribution is 2.37.